The standard InChI is InChI=1S/C15H13BrClNO/c1-10-3-2-4-11(5-10)9-18-15(19)12-6-13(16)8-14(17)7-12/h2-8H,9H2,1H3,(H,18,19). The van der Waals surface area contributed by atoms with Gasteiger partial charge in [0.15, 0.2) is 0 Å². The lowest BCUT2D eigenvalue weighted by molar-refractivity contribution is 0.0951. The van der Waals surface area contributed by atoms with Crippen molar-refractivity contribution in [3.8, 4) is 0 Å². The van der Waals surface area contributed by atoms with Crippen molar-refractivity contribution in [3.05, 3.63) is 68.7 Å². The topological polar surface area (TPSA) is 29.1 Å². The minimum absolute atomic E-state index is 0.135. The lowest BCUT2D eigenvalue weighted by Gasteiger charge is -2.07. The highest BCUT2D eigenvalue weighted by Gasteiger charge is 2.07. The third kappa shape index (κ3) is 4.08. The van der Waals surface area contributed by atoms with Crippen LogP contribution in [0, 0.1) is 6.92 Å². The zero-order chi connectivity index (χ0) is 13.8. The van der Waals surface area contributed by atoms with Crippen LogP contribution in [-0.2, 0) is 6.54 Å². The van der Waals surface area contributed by atoms with Crippen molar-refractivity contribution < 1.29 is 4.79 Å². The summed E-state index contributed by atoms with van der Waals surface area (Å²) in [6.07, 6.45) is 0. The molecule has 0 radical (unpaired) electrons. The fourth-order valence-electron chi connectivity index (χ4n) is 1.79. The molecular weight excluding hydrogens is 326 g/mol. The maximum Gasteiger partial charge on any atom is 0.251 e. The smallest absolute Gasteiger partial charge is 0.251 e. The molecule has 2 rings (SSSR count). The van der Waals surface area contributed by atoms with Crippen molar-refractivity contribution in [1.82, 2.24) is 5.32 Å². The molecule has 1 N–H and O–H groups in total. The molecule has 0 spiro atoms. The molecule has 0 aliphatic heterocycles. The summed E-state index contributed by atoms with van der Waals surface area (Å²) in [5, 5.41) is 3.42. The average Bonchev–Trinajstić information content (AvgIpc) is 2.35. The van der Waals surface area contributed by atoms with Crippen LogP contribution in [0.25, 0.3) is 0 Å². The summed E-state index contributed by atoms with van der Waals surface area (Å²) in [5.41, 5.74) is 2.80. The summed E-state index contributed by atoms with van der Waals surface area (Å²) in [5.74, 6) is -0.135. The van der Waals surface area contributed by atoms with Crippen LogP contribution in [-0.4, -0.2) is 5.91 Å². The van der Waals surface area contributed by atoms with Crippen LogP contribution < -0.4 is 5.32 Å². The SMILES string of the molecule is Cc1cccc(CNC(=O)c2cc(Cl)cc(Br)c2)c1. The molecule has 0 saturated carbocycles. The Bertz CT molecular complexity index is 593. The van der Waals surface area contributed by atoms with Gasteiger partial charge in [-0.25, -0.2) is 0 Å². The van der Waals surface area contributed by atoms with Crippen LogP contribution in [0.4, 0.5) is 0 Å². The van der Waals surface area contributed by atoms with Gasteiger partial charge in [0, 0.05) is 21.6 Å². The van der Waals surface area contributed by atoms with Gasteiger partial charge in [0.1, 0.15) is 0 Å². The van der Waals surface area contributed by atoms with E-state index in [1.54, 1.807) is 18.2 Å². The molecule has 0 saturated heterocycles. The van der Waals surface area contributed by atoms with E-state index < -0.39 is 0 Å². The van der Waals surface area contributed by atoms with Gasteiger partial charge in [-0.2, -0.15) is 0 Å². The molecule has 19 heavy (non-hydrogen) atoms. The molecule has 0 unspecified atom stereocenters. The first-order valence-electron chi connectivity index (χ1n) is 5.84. The fourth-order valence-corrected chi connectivity index (χ4v) is 2.65. The van der Waals surface area contributed by atoms with Crippen LogP contribution >= 0.6 is 27.5 Å². The van der Waals surface area contributed by atoms with Crippen LogP contribution in [0.2, 0.25) is 5.02 Å². The second-order valence-corrected chi connectivity index (χ2v) is 5.68. The van der Waals surface area contributed by atoms with Crippen LogP contribution in [0.5, 0.6) is 0 Å². The molecule has 0 bridgehead atoms. The Morgan fingerprint density at radius 2 is 2.05 bits per heavy atom. The number of rotatable bonds is 3. The van der Waals surface area contributed by atoms with Gasteiger partial charge < -0.3 is 5.32 Å². The number of carbonyl (C=O) groups is 1. The van der Waals surface area contributed by atoms with Crippen molar-refractivity contribution in [3.63, 3.8) is 0 Å². The molecule has 0 aliphatic rings. The van der Waals surface area contributed by atoms with E-state index in [4.69, 9.17) is 11.6 Å². The van der Waals surface area contributed by atoms with Crippen LogP contribution in [0.1, 0.15) is 21.5 Å². The normalized spacial score (nSPS) is 10.3. The molecule has 2 nitrogen and oxygen atoms in total. The van der Waals surface area contributed by atoms with Gasteiger partial charge in [-0.05, 0) is 30.7 Å². The summed E-state index contributed by atoms with van der Waals surface area (Å²) in [6.45, 7) is 2.53. The summed E-state index contributed by atoms with van der Waals surface area (Å²) < 4.78 is 0.792. The van der Waals surface area contributed by atoms with E-state index in [0.29, 0.717) is 17.1 Å². The van der Waals surface area contributed by atoms with E-state index in [9.17, 15) is 4.79 Å². The van der Waals surface area contributed by atoms with Gasteiger partial charge in [-0.3, -0.25) is 4.79 Å². The van der Waals surface area contributed by atoms with Crippen molar-refractivity contribution in [2.75, 3.05) is 0 Å². The molecule has 2 aromatic rings. The Morgan fingerprint density at radius 1 is 1.26 bits per heavy atom. The van der Waals surface area contributed by atoms with Gasteiger partial charge in [-0.15, -0.1) is 0 Å². The third-order valence-corrected chi connectivity index (χ3v) is 3.34. The monoisotopic (exact) mass is 337 g/mol. The van der Waals surface area contributed by atoms with Crippen LogP contribution in [0.15, 0.2) is 46.9 Å². The van der Waals surface area contributed by atoms with E-state index in [1.807, 2.05) is 31.2 Å². The number of hydrogen-bond acceptors (Lipinski definition) is 1. The Balaban J connectivity index is 2.05. The van der Waals surface area contributed by atoms with E-state index in [2.05, 4.69) is 21.2 Å². The molecule has 0 fully saturated rings. The first-order chi connectivity index (χ1) is 9.04. The number of aryl methyl sites for hydroxylation is 1. The van der Waals surface area contributed by atoms with Gasteiger partial charge in [0.2, 0.25) is 0 Å². The summed E-state index contributed by atoms with van der Waals surface area (Å²) in [7, 11) is 0. The number of benzene rings is 2. The van der Waals surface area contributed by atoms with Gasteiger partial charge in [0.25, 0.3) is 5.91 Å². The minimum Gasteiger partial charge on any atom is -0.348 e. The van der Waals surface area contributed by atoms with E-state index >= 15 is 0 Å². The summed E-state index contributed by atoms with van der Waals surface area (Å²) in [6, 6.07) is 13.2. The first-order valence-corrected chi connectivity index (χ1v) is 7.01. The van der Waals surface area contributed by atoms with Crippen LogP contribution in [0.3, 0.4) is 0 Å². The molecule has 0 aromatic heterocycles. The molecular formula is C15H13BrClNO. The second-order valence-electron chi connectivity index (χ2n) is 4.33. The predicted molar refractivity (Wildman–Crippen MR) is 81.5 cm³/mol. The lowest BCUT2D eigenvalue weighted by Crippen LogP contribution is -2.22. The Kier molecular flexibility index (Phi) is 4.61. The molecule has 0 aliphatic carbocycles. The number of halogens is 2. The van der Waals surface area contributed by atoms with Crippen molar-refractivity contribution in [1.29, 1.82) is 0 Å². The first kappa shape index (κ1) is 14.1. The summed E-state index contributed by atoms with van der Waals surface area (Å²) >= 11 is 9.24. The number of amides is 1. The predicted octanol–water partition coefficient (Wildman–Crippen LogP) is 4.34. The molecule has 98 valence electrons. The zero-order valence-electron chi connectivity index (χ0n) is 10.4. The molecule has 0 heterocycles. The minimum atomic E-state index is -0.135. The molecule has 1 amide bonds. The van der Waals surface area contributed by atoms with E-state index in [0.717, 1.165) is 10.0 Å². The maximum absolute atomic E-state index is 12.0. The molecule has 2 aromatic carbocycles. The quantitative estimate of drug-likeness (QED) is 0.886. The Hall–Kier alpha value is -1.32. The average molecular weight is 339 g/mol. The molecule has 4 heteroatoms. The third-order valence-electron chi connectivity index (χ3n) is 2.66. The lowest BCUT2D eigenvalue weighted by atomic mass is 10.1. The highest BCUT2D eigenvalue weighted by atomic mass is 79.9. The van der Waals surface area contributed by atoms with Crippen molar-refractivity contribution >= 4 is 33.4 Å². The Labute approximate surface area is 125 Å². The zero-order valence-corrected chi connectivity index (χ0v) is 12.8. The van der Waals surface area contributed by atoms with Gasteiger partial charge >= 0.3 is 0 Å². The van der Waals surface area contributed by atoms with Crippen molar-refractivity contribution in [2.24, 2.45) is 0 Å². The Morgan fingerprint density at radius 3 is 2.74 bits per heavy atom. The number of carbonyl (C=O) groups excluding carboxylic acids is 1. The second kappa shape index (κ2) is 6.22. The largest absolute Gasteiger partial charge is 0.348 e. The molecule has 0 atom stereocenters. The summed E-state index contributed by atoms with van der Waals surface area (Å²) in [4.78, 5) is 12.0. The highest BCUT2D eigenvalue weighted by molar-refractivity contribution is 9.10. The van der Waals surface area contributed by atoms with Gasteiger partial charge in [-0.1, -0.05) is 57.4 Å². The number of nitrogens with one attached hydrogen (secondary N) is 1. The van der Waals surface area contributed by atoms with Gasteiger partial charge in [0.05, 0.1) is 0 Å². The van der Waals surface area contributed by atoms with E-state index in [1.165, 1.54) is 5.56 Å². The maximum atomic E-state index is 12.0. The van der Waals surface area contributed by atoms with Crippen molar-refractivity contribution in [2.45, 2.75) is 13.5 Å². The number of hydrogen-bond donors (Lipinski definition) is 1. The highest BCUT2D eigenvalue weighted by Crippen LogP contribution is 2.19. The van der Waals surface area contributed by atoms with E-state index in [-0.39, 0.29) is 5.91 Å². The fraction of sp³-hybridized carbons (Fsp3) is 0.133.